The largest absolute Gasteiger partial charge is 0.371 e. The van der Waals surface area contributed by atoms with E-state index < -0.39 is 0 Å². The van der Waals surface area contributed by atoms with Crippen molar-refractivity contribution in [1.29, 1.82) is 0 Å². The Labute approximate surface area is 175 Å². The van der Waals surface area contributed by atoms with E-state index in [4.69, 9.17) is 19.4 Å². The number of anilines is 2. The van der Waals surface area contributed by atoms with Crippen molar-refractivity contribution in [3.8, 4) is 11.4 Å². The van der Waals surface area contributed by atoms with Gasteiger partial charge in [0.2, 0.25) is 0 Å². The highest BCUT2D eigenvalue weighted by Crippen LogP contribution is 2.55. The van der Waals surface area contributed by atoms with Crippen LogP contribution >= 0.6 is 0 Å². The number of hydrogen-bond donors (Lipinski definition) is 2. The van der Waals surface area contributed by atoms with E-state index in [-0.39, 0.29) is 11.6 Å². The van der Waals surface area contributed by atoms with Crippen LogP contribution in [0.4, 0.5) is 16.3 Å². The van der Waals surface area contributed by atoms with E-state index in [9.17, 15) is 4.79 Å². The number of hydrogen-bond acceptors (Lipinski definition) is 6. The molecule has 8 nitrogen and oxygen atoms in total. The molecule has 1 aliphatic carbocycles. The van der Waals surface area contributed by atoms with E-state index in [0.29, 0.717) is 24.6 Å². The first kappa shape index (κ1) is 18.1. The van der Waals surface area contributed by atoms with Crippen LogP contribution in [-0.2, 0) is 21.7 Å². The first-order chi connectivity index (χ1) is 14.6. The summed E-state index contributed by atoms with van der Waals surface area (Å²) in [5.74, 6) is 1.72. The van der Waals surface area contributed by atoms with Gasteiger partial charge in [-0.15, -0.1) is 0 Å². The monoisotopic (exact) mass is 407 g/mol. The number of morpholine rings is 1. The molecule has 2 bridgehead atoms. The summed E-state index contributed by atoms with van der Waals surface area (Å²) in [6, 6.07) is 7.41. The Kier molecular flexibility index (Phi) is 4.01. The van der Waals surface area contributed by atoms with Gasteiger partial charge in [0.25, 0.3) is 0 Å². The SMILES string of the molecule is CNC(=O)Nc1ccc(-c2nc(N3CC4CCC(C3)O4)c3c(n2)C2(CC2)OC3)cc1. The maximum atomic E-state index is 11.5. The number of ether oxygens (including phenoxy) is 2. The fraction of sp³-hybridized carbons (Fsp3) is 0.500. The van der Waals surface area contributed by atoms with E-state index in [1.54, 1.807) is 7.05 Å². The first-order valence-corrected chi connectivity index (χ1v) is 10.7. The van der Waals surface area contributed by atoms with Crippen molar-refractivity contribution in [3.63, 3.8) is 0 Å². The average molecular weight is 407 g/mol. The molecule has 30 heavy (non-hydrogen) atoms. The zero-order valence-electron chi connectivity index (χ0n) is 17.0. The smallest absolute Gasteiger partial charge is 0.318 e. The van der Waals surface area contributed by atoms with Crippen molar-refractivity contribution < 1.29 is 14.3 Å². The summed E-state index contributed by atoms with van der Waals surface area (Å²) >= 11 is 0. The topological polar surface area (TPSA) is 88.6 Å². The molecule has 156 valence electrons. The minimum Gasteiger partial charge on any atom is -0.371 e. The van der Waals surface area contributed by atoms with Gasteiger partial charge in [0.05, 0.1) is 24.5 Å². The van der Waals surface area contributed by atoms with Gasteiger partial charge in [-0.05, 0) is 49.9 Å². The van der Waals surface area contributed by atoms with E-state index in [0.717, 1.165) is 67.1 Å². The molecule has 2 saturated heterocycles. The maximum Gasteiger partial charge on any atom is 0.318 e. The fourth-order valence-electron chi connectivity index (χ4n) is 4.83. The number of fused-ring (bicyclic) bond motifs is 4. The Balaban J connectivity index is 1.38. The third-order valence-corrected chi connectivity index (χ3v) is 6.58. The number of rotatable bonds is 3. The Hall–Kier alpha value is -2.71. The molecular formula is C22H25N5O3. The lowest BCUT2D eigenvalue weighted by Gasteiger charge is -2.34. The summed E-state index contributed by atoms with van der Waals surface area (Å²) in [5, 5.41) is 5.34. The minimum absolute atomic E-state index is 0.201. The zero-order valence-corrected chi connectivity index (χ0v) is 17.0. The third kappa shape index (κ3) is 2.94. The fourth-order valence-corrected chi connectivity index (χ4v) is 4.83. The first-order valence-electron chi connectivity index (χ1n) is 10.7. The number of amides is 2. The third-order valence-electron chi connectivity index (χ3n) is 6.58. The summed E-state index contributed by atoms with van der Waals surface area (Å²) in [4.78, 5) is 23.9. The lowest BCUT2D eigenvalue weighted by Crippen LogP contribution is -2.43. The van der Waals surface area contributed by atoms with Crippen LogP contribution in [-0.4, -0.2) is 48.3 Å². The van der Waals surface area contributed by atoms with E-state index >= 15 is 0 Å². The maximum absolute atomic E-state index is 11.5. The van der Waals surface area contributed by atoms with E-state index in [2.05, 4.69) is 15.5 Å². The van der Waals surface area contributed by atoms with Crippen LogP contribution in [0.25, 0.3) is 11.4 Å². The summed E-state index contributed by atoms with van der Waals surface area (Å²) in [6.45, 7) is 2.34. The molecule has 4 aliphatic rings. The number of urea groups is 1. The highest BCUT2D eigenvalue weighted by molar-refractivity contribution is 5.89. The Morgan fingerprint density at radius 1 is 1.13 bits per heavy atom. The Bertz CT molecular complexity index is 993. The number of benzene rings is 1. The number of nitrogens with zero attached hydrogens (tertiary/aromatic N) is 3. The summed E-state index contributed by atoms with van der Waals surface area (Å²) < 4.78 is 12.2. The lowest BCUT2D eigenvalue weighted by molar-refractivity contribution is 0.0296. The molecule has 2 amide bonds. The highest BCUT2D eigenvalue weighted by atomic mass is 16.5. The molecule has 1 saturated carbocycles. The van der Waals surface area contributed by atoms with Gasteiger partial charge in [0, 0.05) is 37.0 Å². The van der Waals surface area contributed by atoms with Crippen LogP contribution in [0.2, 0.25) is 0 Å². The van der Waals surface area contributed by atoms with Crippen molar-refractivity contribution in [3.05, 3.63) is 35.5 Å². The van der Waals surface area contributed by atoms with Crippen LogP contribution < -0.4 is 15.5 Å². The van der Waals surface area contributed by atoms with Gasteiger partial charge in [-0.1, -0.05) is 0 Å². The van der Waals surface area contributed by atoms with Gasteiger partial charge in [0.15, 0.2) is 5.82 Å². The molecule has 1 aromatic heterocycles. The molecule has 3 fully saturated rings. The quantitative estimate of drug-likeness (QED) is 0.813. The molecule has 8 heteroatoms. The van der Waals surface area contributed by atoms with Gasteiger partial charge in [0.1, 0.15) is 11.4 Å². The normalized spacial score (nSPS) is 25.3. The van der Waals surface area contributed by atoms with Crippen molar-refractivity contribution in [2.24, 2.45) is 0 Å². The molecule has 0 radical (unpaired) electrons. The molecule has 2 atom stereocenters. The van der Waals surface area contributed by atoms with Crippen LogP contribution in [0.15, 0.2) is 24.3 Å². The molecule has 3 aliphatic heterocycles. The van der Waals surface area contributed by atoms with Crippen molar-refractivity contribution >= 4 is 17.5 Å². The molecular weight excluding hydrogens is 382 g/mol. The summed E-state index contributed by atoms with van der Waals surface area (Å²) in [7, 11) is 1.59. The van der Waals surface area contributed by atoms with Crippen LogP contribution in [0.5, 0.6) is 0 Å². The number of carbonyl (C=O) groups is 1. The van der Waals surface area contributed by atoms with Crippen LogP contribution in [0, 0.1) is 0 Å². The van der Waals surface area contributed by atoms with E-state index in [1.807, 2.05) is 24.3 Å². The van der Waals surface area contributed by atoms with Crippen molar-refractivity contribution in [1.82, 2.24) is 15.3 Å². The second kappa shape index (κ2) is 6.65. The zero-order chi connectivity index (χ0) is 20.3. The van der Waals surface area contributed by atoms with Gasteiger partial charge >= 0.3 is 6.03 Å². The Morgan fingerprint density at radius 2 is 1.87 bits per heavy atom. The highest BCUT2D eigenvalue weighted by Gasteiger charge is 2.53. The predicted molar refractivity (Wildman–Crippen MR) is 111 cm³/mol. The van der Waals surface area contributed by atoms with Gasteiger partial charge in [-0.3, -0.25) is 0 Å². The van der Waals surface area contributed by atoms with Crippen molar-refractivity contribution in [2.75, 3.05) is 30.4 Å². The van der Waals surface area contributed by atoms with Crippen LogP contribution in [0.1, 0.15) is 36.9 Å². The van der Waals surface area contributed by atoms with Gasteiger partial charge < -0.3 is 25.0 Å². The molecule has 2 N–H and O–H groups in total. The number of aromatic nitrogens is 2. The minimum atomic E-state index is -0.242. The Morgan fingerprint density at radius 3 is 2.53 bits per heavy atom. The predicted octanol–water partition coefficient (Wildman–Crippen LogP) is 2.78. The standard InChI is InChI=1S/C22H25N5O3/c1-23-21(28)24-14-4-2-13(3-5-14)19-25-18-17(12-29-22(18)8-9-22)20(26-19)27-10-15-6-7-16(11-27)30-15/h2-5,15-16H,6-12H2,1H3,(H2,23,24,28). The molecule has 6 rings (SSSR count). The second-order valence-corrected chi connectivity index (χ2v) is 8.62. The molecule has 2 unspecified atom stereocenters. The van der Waals surface area contributed by atoms with Gasteiger partial charge in [-0.25, -0.2) is 14.8 Å². The lowest BCUT2D eigenvalue weighted by atomic mass is 10.1. The molecule has 4 heterocycles. The van der Waals surface area contributed by atoms with Crippen LogP contribution in [0.3, 0.4) is 0 Å². The molecule has 2 aromatic rings. The van der Waals surface area contributed by atoms with Crippen molar-refractivity contribution in [2.45, 2.75) is 50.1 Å². The molecule has 1 aromatic carbocycles. The van der Waals surface area contributed by atoms with E-state index in [1.165, 1.54) is 0 Å². The molecule has 1 spiro atoms. The average Bonchev–Trinajstić information content (AvgIpc) is 3.37. The number of carbonyl (C=O) groups excluding carboxylic acids is 1. The second-order valence-electron chi connectivity index (χ2n) is 8.62. The number of nitrogens with one attached hydrogen (secondary N) is 2. The van der Waals surface area contributed by atoms with Gasteiger partial charge in [-0.2, -0.15) is 0 Å². The summed E-state index contributed by atoms with van der Waals surface area (Å²) in [6.07, 6.45) is 4.90. The summed E-state index contributed by atoms with van der Waals surface area (Å²) in [5.41, 5.74) is 3.67.